The van der Waals surface area contributed by atoms with Crippen LogP contribution in [-0.4, -0.2) is 5.78 Å². The lowest BCUT2D eigenvalue weighted by Crippen LogP contribution is -2.53. The maximum absolute atomic E-state index is 11.9. The van der Waals surface area contributed by atoms with Crippen molar-refractivity contribution >= 4 is 5.78 Å². The first-order valence-electron chi connectivity index (χ1n) is 9.63. The third-order valence-electron chi connectivity index (χ3n) is 8.84. The second kappa shape index (κ2) is 4.95. The molecular weight excluding hydrogens is 268 g/mol. The SMILES string of the molecule is C=C[C@H]1CCC2C3CC[C@@H]4CC(=O)CC[C@]4(C)C3CCC21C. The van der Waals surface area contributed by atoms with Crippen LogP contribution in [0.25, 0.3) is 0 Å². The van der Waals surface area contributed by atoms with Gasteiger partial charge in [0.1, 0.15) is 5.78 Å². The minimum atomic E-state index is 0.463. The first-order valence-corrected chi connectivity index (χ1v) is 9.63. The first-order chi connectivity index (χ1) is 10.5. The Morgan fingerprint density at radius 2 is 1.77 bits per heavy atom. The molecule has 0 radical (unpaired) electrons. The molecule has 0 aromatic heterocycles. The van der Waals surface area contributed by atoms with E-state index in [1.807, 2.05) is 0 Å². The predicted molar refractivity (Wildman–Crippen MR) is 90.4 cm³/mol. The summed E-state index contributed by atoms with van der Waals surface area (Å²) in [5.41, 5.74) is 0.987. The summed E-state index contributed by atoms with van der Waals surface area (Å²) in [6, 6.07) is 0. The third-order valence-corrected chi connectivity index (χ3v) is 8.84. The van der Waals surface area contributed by atoms with E-state index < -0.39 is 0 Å². The molecule has 0 bridgehead atoms. The van der Waals surface area contributed by atoms with Gasteiger partial charge in [0.15, 0.2) is 0 Å². The van der Waals surface area contributed by atoms with Gasteiger partial charge in [0.2, 0.25) is 0 Å². The van der Waals surface area contributed by atoms with Gasteiger partial charge in [-0.1, -0.05) is 19.9 Å². The lowest BCUT2D eigenvalue weighted by molar-refractivity contribution is -0.138. The fraction of sp³-hybridized carbons (Fsp3) is 0.857. The van der Waals surface area contributed by atoms with Gasteiger partial charge in [0.25, 0.3) is 0 Å². The second-order valence-electron chi connectivity index (χ2n) is 9.36. The largest absolute Gasteiger partial charge is 0.300 e. The van der Waals surface area contributed by atoms with E-state index in [0.29, 0.717) is 22.5 Å². The maximum Gasteiger partial charge on any atom is 0.133 e. The van der Waals surface area contributed by atoms with Crippen molar-refractivity contribution in [3.63, 3.8) is 0 Å². The van der Waals surface area contributed by atoms with Crippen LogP contribution in [0, 0.1) is 40.4 Å². The summed E-state index contributed by atoms with van der Waals surface area (Å²) in [6.07, 6.45) is 13.5. The number of ketones is 1. The summed E-state index contributed by atoms with van der Waals surface area (Å²) in [6.45, 7) is 9.24. The van der Waals surface area contributed by atoms with Crippen LogP contribution >= 0.6 is 0 Å². The van der Waals surface area contributed by atoms with Gasteiger partial charge in [-0.05, 0) is 85.4 Å². The number of Topliss-reactive ketones (excluding diaryl/α,β-unsaturated/α-hetero) is 1. The molecule has 4 fully saturated rings. The minimum Gasteiger partial charge on any atom is -0.300 e. The van der Waals surface area contributed by atoms with Crippen LogP contribution < -0.4 is 0 Å². The molecule has 0 N–H and O–H groups in total. The van der Waals surface area contributed by atoms with Crippen LogP contribution in [-0.2, 0) is 4.79 Å². The summed E-state index contributed by atoms with van der Waals surface area (Å²) >= 11 is 0. The van der Waals surface area contributed by atoms with Crippen molar-refractivity contribution < 1.29 is 4.79 Å². The fourth-order valence-electron chi connectivity index (χ4n) is 7.47. The van der Waals surface area contributed by atoms with Crippen molar-refractivity contribution in [3.8, 4) is 0 Å². The smallest absolute Gasteiger partial charge is 0.133 e. The topological polar surface area (TPSA) is 17.1 Å². The zero-order valence-electron chi connectivity index (χ0n) is 14.4. The Balaban J connectivity index is 1.63. The zero-order valence-corrected chi connectivity index (χ0v) is 14.4. The lowest BCUT2D eigenvalue weighted by atomic mass is 9.45. The highest BCUT2D eigenvalue weighted by molar-refractivity contribution is 5.79. The van der Waals surface area contributed by atoms with Gasteiger partial charge in [-0.2, -0.15) is 0 Å². The number of fused-ring (bicyclic) bond motifs is 5. The molecule has 4 aliphatic rings. The highest BCUT2D eigenvalue weighted by atomic mass is 16.1. The summed E-state index contributed by atoms with van der Waals surface area (Å²) in [5, 5.41) is 0. The van der Waals surface area contributed by atoms with E-state index in [4.69, 9.17) is 0 Å². The van der Waals surface area contributed by atoms with Crippen molar-refractivity contribution in [2.45, 2.75) is 71.6 Å². The van der Waals surface area contributed by atoms with E-state index in [1.165, 1.54) is 44.9 Å². The number of allylic oxidation sites excluding steroid dienone is 1. The molecule has 4 rings (SSSR count). The van der Waals surface area contributed by atoms with E-state index >= 15 is 0 Å². The molecule has 0 saturated heterocycles. The summed E-state index contributed by atoms with van der Waals surface area (Å²) in [5.74, 6) is 4.71. The molecule has 22 heavy (non-hydrogen) atoms. The molecule has 0 aromatic rings. The Hall–Kier alpha value is -0.590. The van der Waals surface area contributed by atoms with Crippen molar-refractivity contribution in [3.05, 3.63) is 12.7 Å². The monoisotopic (exact) mass is 300 g/mol. The highest BCUT2D eigenvalue weighted by Gasteiger charge is 2.59. The standard InChI is InChI=1S/C21H32O/c1-4-14-6-8-18-17-7-5-15-13-16(22)9-11-21(15,3)19(17)10-12-20(14,18)2/h4,14-15,17-19H,1,5-13H2,2-3H3/t14-,15+,17?,18?,19?,20?,21-/m0/s1. The molecule has 1 nitrogen and oxygen atoms in total. The summed E-state index contributed by atoms with van der Waals surface area (Å²) in [7, 11) is 0. The molecule has 4 aliphatic carbocycles. The number of carbonyl (C=O) groups is 1. The Morgan fingerprint density at radius 1 is 1.00 bits per heavy atom. The third kappa shape index (κ3) is 1.86. The zero-order chi connectivity index (χ0) is 15.5. The number of hydrogen-bond donors (Lipinski definition) is 0. The Kier molecular flexibility index (Phi) is 3.37. The fourth-order valence-corrected chi connectivity index (χ4v) is 7.47. The van der Waals surface area contributed by atoms with Crippen molar-refractivity contribution in [2.75, 3.05) is 0 Å². The summed E-state index contributed by atoms with van der Waals surface area (Å²) < 4.78 is 0. The molecule has 0 spiro atoms. The average molecular weight is 300 g/mol. The molecule has 0 heterocycles. The molecule has 122 valence electrons. The molecule has 1 heteroatoms. The molecular formula is C21H32O. The van der Waals surface area contributed by atoms with Gasteiger partial charge >= 0.3 is 0 Å². The van der Waals surface area contributed by atoms with E-state index in [0.717, 1.165) is 36.5 Å². The van der Waals surface area contributed by atoms with Gasteiger partial charge in [-0.3, -0.25) is 4.79 Å². The number of rotatable bonds is 1. The van der Waals surface area contributed by atoms with Crippen LogP contribution in [0.3, 0.4) is 0 Å². The van der Waals surface area contributed by atoms with Crippen LogP contribution in [0.1, 0.15) is 71.6 Å². The average Bonchev–Trinajstić information content (AvgIpc) is 2.84. The number of carbonyl (C=O) groups excluding carboxylic acids is 1. The Labute approximate surface area is 135 Å². The molecule has 0 amide bonds. The minimum absolute atomic E-state index is 0.463. The quantitative estimate of drug-likeness (QED) is 0.592. The molecule has 4 saturated carbocycles. The normalized spacial score (nSPS) is 54.3. The van der Waals surface area contributed by atoms with E-state index in [2.05, 4.69) is 26.5 Å². The predicted octanol–water partition coefficient (Wildman–Crippen LogP) is 5.40. The van der Waals surface area contributed by atoms with Crippen molar-refractivity contribution in [2.24, 2.45) is 40.4 Å². The second-order valence-corrected chi connectivity index (χ2v) is 9.36. The molecule has 0 aromatic carbocycles. The van der Waals surface area contributed by atoms with Crippen LogP contribution in [0.15, 0.2) is 12.7 Å². The molecule has 4 unspecified atom stereocenters. The van der Waals surface area contributed by atoms with Crippen molar-refractivity contribution in [1.82, 2.24) is 0 Å². The van der Waals surface area contributed by atoms with Gasteiger partial charge in [-0.15, -0.1) is 6.58 Å². The van der Waals surface area contributed by atoms with E-state index in [1.54, 1.807) is 0 Å². The van der Waals surface area contributed by atoms with E-state index in [9.17, 15) is 4.79 Å². The van der Waals surface area contributed by atoms with Gasteiger partial charge in [0, 0.05) is 12.8 Å². The summed E-state index contributed by atoms with van der Waals surface area (Å²) in [4.78, 5) is 11.9. The van der Waals surface area contributed by atoms with Crippen molar-refractivity contribution in [1.29, 1.82) is 0 Å². The van der Waals surface area contributed by atoms with Gasteiger partial charge < -0.3 is 0 Å². The van der Waals surface area contributed by atoms with Crippen LogP contribution in [0.2, 0.25) is 0 Å². The van der Waals surface area contributed by atoms with Crippen LogP contribution in [0.4, 0.5) is 0 Å². The molecule has 7 atom stereocenters. The maximum atomic E-state index is 11.9. The Morgan fingerprint density at radius 3 is 2.55 bits per heavy atom. The molecule has 0 aliphatic heterocycles. The van der Waals surface area contributed by atoms with Gasteiger partial charge in [-0.25, -0.2) is 0 Å². The lowest BCUT2D eigenvalue weighted by Gasteiger charge is -2.60. The first kappa shape index (κ1) is 15.0. The van der Waals surface area contributed by atoms with Gasteiger partial charge in [0.05, 0.1) is 0 Å². The van der Waals surface area contributed by atoms with Crippen LogP contribution in [0.5, 0.6) is 0 Å². The van der Waals surface area contributed by atoms with E-state index in [-0.39, 0.29) is 0 Å². The number of hydrogen-bond acceptors (Lipinski definition) is 1. The Bertz CT molecular complexity index is 494. The highest BCUT2D eigenvalue weighted by Crippen LogP contribution is 2.67.